The van der Waals surface area contributed by atoms with E-state index in [0.717, 1.165) is 51.4 Å². The average Bonchev–Trinajstić information content (AvgIpc) is 0.879. The summed E-state index contributed by atoms with van der Waals surface area (Å²) in [6.45, 7) is 34.6. The minimum atomic E-state index is -5.27. The summed E-state index contributed by atoms with van der Waals surface area (Å²) in [6, 6.07) is 35.9. The molecule has 5 aromatic rings. The SMILES string of the molecule is C.CCC(C)(C)C(=O)OC1(C)CCCCC1.CCC(C)(C)C(=O)OC12CC3CC(C1)CC(C(=O)OC(CS(=O)(=O)[O-])C(F)(F)F)(C3)C2.CCC(C)(C)C(=O)OC1CC(C)(C)NC(C)(C)C1.CCC(C)(C)c1ccc(O)cc1.c1ccc(-[s+]2c3ccccc3c3ccccc32)cc1. The highest BCUT2D eigenvalue weighted by Gasteiger charge is 2.64. The molecule has 1 aromatic heterocycles. The molecule has 11 rings (SSSR count). The Morgan fingerprint density at radius 2 is 1.06 bits per heavy atom. The Labute approximate surface area is 575 Å². The zero-order valence-electron chi connectivity index (χ0n) is 59.7. The van der Waals surface area contributed by atoms with Gasteiger partial charge in [0.15, 0.2) is 14.3 Å². The lowest BCUT2D eigenvalue weighted by atomic mass is 9.48. The van der Waals surface area contributed by atoms with E-state index in [9.17, 15) is 45.3 Å². The number of aromatic hydroxyl groups is 1. The number of hydrogen-bond donors (Lipinski definition) is 2. The van der Waals surface area contributed by atoms with E-state index in [-0.39, 0.29) is 87.1 Å². The number of hydrogen-bond acceptors (Lipinski definition) is 13. The number of rotatable bonds is 16. The summed E-state index contributed by atoms with van der Waals surface area (Å²) in [5, 5.41) is 15.5. The van der Waals surface area contributed by atoms with Gasteiger partial charge in [0.05, 0.1) is 37.5 Å². The average molecular weight is 1380 g/mol. The van der Waals surface area contributed by atoms with E-state index in [2.05, 4.69) is 144 Å². The lowest BCUT2D eigenvalue weighted by Crippen LogP contribution is -2.61. The van der Waals surface area contributed by atoms with E-state index < -0.39 is 56.5 Å². The number of alkyl halides is 3. The van der Waals surface area contributed by atoms with Crippen LogP contribution in [-0.2, 0) is 53.7 Å². The summed E-state index contributed by atoms with van der Waals surface area (Å²) < 4.78 is 97.4. The standard InChI is InChI=1S/C20H29F3O7S.C18H13S.C15H29NO2.C13H24O2.C11H16O.CH4/c1-4-17(2,3)15(24)30-19-8-12-5-13(9-19)7-18(6-12,11-19)16(25)29-14(20(21,22)23)10-31(26,27)28;1-2-8-14(9-3-1)19-17-12-6-4-10-15(17)16-11-5-7-13-18(16)19;1-8-13(2,3)12(17)18-11-9-14(4,5)16-15(6,7)10-11;1-5-12(2,3)11(14)15-13(4)9-7-6-8-10-13;1-4-11(2,3)9-5-7-10(12)8-6-9;/h12-14H,4-11H2,1-3H3,(H,26,27,28);1-13H;11,16H,8-10H2,1-7H3;5-10H2,1-4H3;5-8,12H,4H2,1-3H3;1H4/q;+1;;;;/p-1. The fourth-order valence-electron chi connectivity index (χ4n) is 14.1. The van der Waals surface area contributed by atoms with Crippen LogP contribution < -0.4 is 5.32 Å². The van der Waals surface area contributed by atoms with Crippen molar-refractivity contribution >= 4 is 64.6 Å². The second-order valence-corrected chi connectivity index (χ2v) is 35.2. The number of halogens is 3. The van der Waals surface area contributed by atoms with Crippen LogP contribution in [0.5, 0.6) is 5.75 Å². The third kappa shape index (κ3) is 21.5. The lowest BCUT2D eigenvalue weighted by Gasteiger charge is -2.60. The highest BCUT2D eigenvalue weighted by atomic mass is 32.2. The highest BCUT2D eigenvalue weighted by Crippen LogP contribution is 2.64. The van der Waals surface area contributed by atoms with Crippen molar-refractivity contribution in [3.05, 3.63) is 109 Å². The van der Waals surface area contributed by atoms with Crippen LogP contribution in [-0.4, -0.2) is 88.4 Å². The second-order valence-electron chi connectivity index (χ2n) is 31.8. The molecule has 1 saturated heterocycles. The monoisotopic (exact) mass is 1380 g/mol. The lowest BCUT2D eigenvalue weighted by molar-refractivity contribution is -0.239. The Bertz CT molecular complexity index is 3430. The molecule has 1 aliphatic heterocycles. The smallest absolute Gasteiger partial charge is 0.426 e. The zero-order chi connectivity index (χ0) is 71.0. The first-order valence-corrected chi connectivity index (χ1v) is 37.1. The van der Waals surface area contributed by atoms with Crippen LogP contribution in [0.2, 0.25) is 0 Å². The number of phenolic OH excluding ortho intramolecular Hbond substituents is 1. The zero-order valence-corrected chi connectivity index (χ0v) is 61.4. The minimum Gasteiger partial charge on any atom is -0.748 e. The minimum absolute atomic E-state index is 0. The van der Waals surface area contributed by atoms with Gasteiger partial charge in [-0.25, -0.2) is 8.42 Å². The number of esters is 4. The number of carbonyl (C=O) groups is 4. The van der Waals surface area contributed by atoms with Gasteiger partial charge in [0.2, 0.25) is 6.10 Å². The van der Waals surface area contributed by atoms with Crippen molar-refractivity contribution in [2.45, 2.75) is 280 Å². The molecule has 13 nitrogen and oxygen atoms in total. The quantitative estimate of drug-likeness (QED) is 0.0410. The van der Waals surface area contributed by atoms with E-state index >= 15 is 0 Å². The molecule has 4 bridgehead atoms. The Morgan fingerprint density at radius 3 is 1.51 bits per heavy atom. The maximum atomic E-state index is 13.3. The second kappa shape index (κ2) is 31.7. The number of carbonyl (C=O) groups excluding carboxylic acids is 4. The Balaban J connectivity index is 0.000000225. The summed E-state index contributed by atoms with van der Waals surface area (Å²) in [5.74, 6) is -3.20. The number of thiophene rings is 1. The highest BCUT2D eigenvalue weighted by molar-refractivity contribution is 7.85. The number of phenols is 1. The van der Waals surface area contributed by atoms with Gasteiger partial charge in [0.1, 0.15) is 23.1 Å². The molecule has 0 radical (unpaired) electrons. The van der Waals surface area contributed by atoms with Gasteiger partial charge in [-0.3, -0.25) is 19.2 Å². The largest absolute Gasteiger partial charge is 0.748 e. The maximum absolute atomic E-state index is 13.3. The first-order chi connectivity index (χ1) is 43.9. The molecular weight excluding hydrogens is 1260 g/mol. The van der Waals surface area contributed by atoms with Crippen molar-refractivity contribution < 1.29 is 69.4 Å². The summed E-state index contributed by atoms with van der Waals surface area (Å²) in [4.78, 5) is 51.2. The molecule has 6 fully saturated rings. The van der Waals surface area contributed by atoms with Crippen molar-refractivity contribution in [2.75, 3.05) is 5.75 Å². The Kier molecular flexibility index (Phi) is 26.8. The fraction of sp³-hybridized carbons (Fsp3) is 0.641. The van der Waals surface area contributed by atoms with Crippen LogP contribution in [0.15, 0.2) is 103 Å². The van der Waals surface area contributed by atoms with Gasteiger partial charge < -0.3 is 33.9 Å². The fourth-order valence-corrected chi connectivity index (χ4v) is 17.1. The van der Waals surface area contributed by atoms with Gasteiger partial charge >= 0.3 is 30.1 Å². The third-order valence-corrected chi connectivity index (χ3v) is 23.8. The van der Waals surface area contributed by atoms with E-state index in [1.807, 2.05) is 60.6 Å². The predicted octanol–water partition coefficient (Wildman–Crippen LogP) is 19.7. The number of benzene rings is 4. The molecular formula is C78H114F3NO12S2. The molecule has 4 aromatic carbocycles. The molecule has 2 N–H and O–H groups in total. The van der Waals surface area contributed by atoms with Crippen molar-refractivity contribution in [1.29, 1.82) is 0 Å². The first kappa shape index (κ1) is 81.1. The number of ether oxygens (including phenoxy) is 4. The van der Waals surface area contributed by atoms with Gasteiger partial charge in [-0.15, -0.1) is 0 Å². The van der Waals surface area contributed by atoms with Crippen molar-refractivity contribution in [1.82, 2.24) is 5.32 Å². The van der Waals surface area contributed by atoms with Crippen LogP contribution in [0, 0.1) is 33.5 Å². The van der Waals surface area contributed by atoms with E-state index in [1.54, 1.807) is 26.0 Å². The molecule has 2 heterocycles. The molecule has 18 heteroatoms. The van der Waals surface area contributed by atoms with Crippen molar-refractivity contribution in [3.63, 3.8) is 0 Å². The van der Waals surface area contributed by atoms with Crippen molar-refractivity contribution in [3.8, 4) is 10.6 Å². The van der Waals surface area contributed by atoms with Gasteiger partial charge in [-0.2, -0.15) is 13.2 Å². The molecule has 6 aliphatic rings. The normalized spacial score (nSPS) is 22.3. The van der Waals surface area contributed by atoms with Crippen LogP contribution in [0.4, 0.5) is 13.2 Å². The molecule has 0 spiro atoms. The molecule has 5 aliphatic carbocycles. The molecule has 3 atom stereocenters. The maximum Gasteiger partial charge on any atom is 0.426 e. The molecule has 0 amide bonds. The Hall–Kier alpha value is -5.56. The molecule has 3 unspecified atom stereocenters. The van der Waals surface area contributed by atoms with Crippen LogP contribution in [0.25, 0.3) is 25.1 Å². The molecule has 5 saturated carbocycles. The van der Waals surface area contributed by atoms with E-state index in [1.165, 1.54) is 49.9 Å². The topological polar surface area (TPSA) is 195 Å². The van der Waals surface area contributed by atoms with Gasteiger partial charge in [0.25, 0.3) is 0 Å². The van der Waals surface area contributed by atoms with Gasteiger partial charge in [-0.1, -0.05) is 110 Å². The first-order valence-electron chi connectivity index (χ1n) is 34.3. The van der Waals surface area contributed by atoms with Crippen LogP contribution in [0.3, 0.4) is 0 Å². The van der Waals surface area contributed by atoms with Crippen molar-refractivity contribution in [2.24, 2.45) is 33.5 Å². The van der Waals surface area contributed by atoms with Gasteiger partial charge in [-0.05, 0) is 231 Å². The van der Waals surface area contributed by atoms with Gasteiger partial charge in [0, 0.05) is 51.6 Å². The number of nitrogens with one attached hydrogen (secondary N) is 1. The molecule has 96 heavy (non-hydrogen) atoms. The summed E-state index contributed by atoms with van der Waals surface area (Å²) in [5.41, 5.74) is -2.33. The number of fused-ring (bicyclic) bond motifs is 3. The summed E-state index contributed by atoms with van der Waals surface area (Å²) in [7, 11) is -5.21. The summed E-state index contributed by atoms with van der Waals surface area (Å²) in [6.07, 6.45) is 5.10. The van der Waals surface area contributed by atoms with Crippen LogP contribution >= 0.6 is 10.5 Å². The number of piperidine rings is 1. The van der Waals surface area contributed by atoms with E-state index in [0.29, 0.717) is 37.9 Å². The predicted molar refractivity (Wildman–Crippen MR) is 380 cm³/mol. The molecule has 536 valence electrons. The third-order valence-electron chi connectivity index (χ3n) is 20.7. The Morgan fingerprint density at radius 1 is 0.615 bits per heavy atom. The van der Waals surface area contributed by atoms with Crippen LogP contribution in [0.1, 0.15) is 240 Å². The summed E-state index contributed by atoms with van der Waals surface area (Å²) >= 11 is 0. The van der Waals surface area contributed by atoms with E-state index in [4.69, 9.17) is 19.3 Å².